The molecule has 31 heavy (non-hydrogen) atoms. The van der Waals surface area contributed by atoms with E-state index in [1.807, 2.05) is 0 Å². The summed E-state index contributed by atoms with van der Waals surface area (Å²) in [6.07, 6.45) is -1.04. The van der Waals surface area contributed by atoms with Crippen LogP contribution in [-0.2, 0) is 14.3 Å². The van der Waals surface area contributed by atoms with Gasteiger partial charge in [0.2, 0.25) is 0 Å². The number of benzene rings is 1. The minimum atomic E-state index is -5.08. The molecule has 0 bridgehead atoms. The van der Waals surface area contributed by atoms with Crippen LogP contribution < -0.4 is 5.32 Å². The maximum absolute atomic E-state index is 13.0. The first-order valence-electron chi connectivity index (χ1n) is 8.97. The van der Waals surface area contributed by atoms with Crippen molar-refractivity contribution >= 4 is 17.8 Å². The summed E-state index contributed by atoms with van der Waals surface area (Å²) in [7, 11) is 0. The van der Waals surface area contributed by atoms with Gasteiger partial charge in [0.05, 0.1) is 23.5 Å². The van der Waals surface area contributed by atoms with Crippen LogP contribution in [0.1, 0.15) is 12.8 Å². The van der Waals surface area contributed by atoms with E-state index in [0.29, 0.717) is 37.6 Å². The molecule has 1 fully saturated rings. The molecule has 8 nitrogen and oxygen atoms in total. The molecule has 0 aliphatic carbocycles. The lowest BCUT2D eigenvalue weighted by Gasteiger charge is -2.33. The molecule has 0 unspecified atom stereocenters. The van der Waals surface area contributed by atoms with Crippen molar-refractivity contribution in [3.8, 4) is 11.3 Å². The number of hydrogen-bond donors (Lipinski definition) is 3. The highest BCUT2D eigenvalue weighted by molar-refractivity contribution is 5.75. The number of hydrogen-bond acceptors (Lipinski definition) is 6. The van der Waals surface area contributed by atoms with E-state index in [1.165, 1.54) is 12.1 Å². The number of carboxylic acids is 2. The van der Waals surface area contributed by atoms with Crippen LogP contribution in [0, 0.1) is 11.2 Å². The maximum Gasteiger partial charge on any atom is 0.490 e. The molecule has 3 N–H and O–H groups in total. The van der Waals surface area contributed by atoms with E-state index in [1.54, 1.807) is 24.5 Å². The summed E-state index contributed by atoms with van der Waals surface area (Å²) in [4.78, 5) is 29.1. The molecule has 12 heteroatoms. The number of nitrogens with zero attached hydrogens (tertiary/aromatic N) is 2. The van der Waals surface area contributed by atoms with Crippen LogP contribution in [0.3, 0.4) is 0 Å². The molecule has 168 valence electrons. The summed E-state index contributed by atoms with van der Waals surface area (Å²) in [6.45, 7) is 1.14. The second-order valence-electron chi connectivity index (χ2n) is 6.65. The zero-order valence-electron chi connectivity index (χ0n) is 16.0. The second kappa shape index (κ2) is 10.2. The van der Waals surface area contributed by atoms with Gasteiger partial charge >= 0.3 is 18.1 Å². The van der Waals surface area contributed by atoms with Crippen molar-refractivity contribution in [1.29, 1.82) is 0 Å². The summed E-state index contributed by atoms with van der Waals surface area (Å²) in [5, 5.41) is 19.8. The lowest BCUT2D eigenvalue weighted by Crippen LogP contribution is -2.42. The van der Waals surface area contributed by atoms with Crippen molar-refractivity contribution in [3.05, 3.63) is 42.5 Å². The Balaban J connectivity index is 0.000000423. The van der Waals surface area contributed by atoms with Gasteiger partial charge in [0, 0.05) is 25.3 Å². The quantitative estimate of drug-likeness (QED) is 0.600. The Morgan fingerprint density at radius 1 is 1.10 bits per heavy atom. The fraction of sp³-hybridized carbons (Fsp3) is 0.368. The highest BCUT2D eigenvalue weighted by Crippen LogP contribution is 2.31. The third-order valence-electron chi connectivity index (χ3n) is 4.53. The average Bonchev–Trinajstić information content (AvgIpc) is 2.73. The van der Waals surface area contributed by atoms with Gasteiger partial charge in [0.25, 0.3) is 0 Å². The first-order valence-corrected chi connectivity index (χ1v) is 8.97. The molecule has 3 rings (SSSR count). The molecule has 0 spiro atoms. The van der Waals surface area contributed by atoms with Crippen molar-refractivity contribution in [2.45, 2.75) is 19.0 Å². The molecular weight excluding hydrogens is 426 g/mol. The van der Waals surface area contributed by atoms with Gasteiger partial charge in [0.1, 0.15) is 11.6 Å². The van der Waals surface area contributed by atoms with Gasteiger partial charge in [-0.25, -0.2) is 14.2 Å². The van der Waals surface area contributed by atoms with E-state index in [4.69, 9.17) is 14.6 Å². The molecule has 0 amide bonds. The minimum Gasteiger partial charge on any atom is -0.481 e. The van der Waals surface area contributed by atoms with Crippen LogP contribution in [0.5, 0.6) is 0 Å². The molecule has 1 aromatic carbocycles. The van der Waals surface area contributed by atoms with Crippen LogP contribution in [0.15, 0.2) is 36.7 Å². The number of carboxylic acid groups (broad SMARTS) is 2. The smallest absolute Gasteiger partial charge is 0.481 e. The van der Waals surface area contributed by atoms with Gasteiger partial charge in [-0.05, 0) is 37.1 Å². The number of alkyl halides is 3. The standard InChI is InChI=1S/C17H18FN3O3.C2HF3O2/c18-13-3-1-12(2-4-13)14-9-19-10-15(21-14)20-11-17(16(22)23)5-7-24-8-6-17;3-2(4,5)1(6)7/h1-4,9-10H,5-8,11H2,(H,20,21)(H,22,23);(H,6,7). The van der Waals surface area contributed by atoms with E-state index in [-0.39, 0.29) is 12.4 Å². The molecule has 1 saturated heterocycles. The summed E-state index contributed by atoms with van der Waals surface area (Å²) in [5.74, 6) is -3.42. The number of aromatic nitrogens is 2. The third-order valence-corrected chi connectivity index (χ3v) is 4.53. The minimum absolute atomic E-state index is 0.257. The Bertz CT molecular complexity index is 900. The third kappa shape index (κ3) is 6.88. The number of ether oxygens (including phenoxy) is 1. The van der Waals surface area contributed by atoms with E-state index in [2.05, 4.69) is 15.3 Å². The Hall–Kier alpha value is -3.28. The number of carbonyl (C=O) groups is 2. The van der Waals surface area contributed by atoms with Gasteiger partial charge in [-0.1, -0.05) is 0 Å². The average molecular weight is 445 g/mol. The van der Waals surface area contributed by atoms with Crippen LogP contribution in [-0.4, -0.2) is 58.1 Å². The summed E-state index contributed by atoms with van der Waals surface area (Å²) >= 11 is 0. The second-order valence-corrected chi connectivity index (χ2v) is 6.65. The van der Waals surface area contributed by atoms with Crippen LogP contribution in [0.25, 0.3) is 11.3 Å². The molecular formula is C19H19F4N3O5. The Morgan fingerprint density at radius 2 is 1.68 bits per heavy atom. The summed E-state index contributed by atoms with van der Waals surface area (Å²) in [5.41, 5.74) is 0.481. The molecule has 0 saturated carbocycles. The predicted octanol–water partition coefficient (Wildman–Crippen LogP) is 3.21. The van der Waals surface area contributed by atoms with Gasteiger partial charge in [-0.15, -0.1) is 0 Å². The van der Waals surface area contributed by atoms with Crippen molar-refractivity contribution in [1.82, 2.24) is 9.97 Å². The number of halogens is 4. The first-order chi connectivity index (χ1) is 14.5. The molecule has 1 aromatic heterocycles. The van der Waals surface area contributed by atoms with Crippen LogP contribution in [0.4, 0.5) is 23.4 Å². The Kier molecular flexibility index (Phi) is 7.86. The van der Waals surface area contributed by atoms with Crippen molar-refractivity contribution in [2.75, 3.05) is 25.1 Å². The van der Waals surface area contributed by atoms with Gasteiger partial charge < -0.3 is 20.3 Å². The zero-order valence-corrected chi connectivity index (χ0v) is 16.0. The fourth-order valence-corrected chi connectivity index (χ4v) is 2.70. The molecule has 1 aliphatic rings. The van der Waals surface area contributed by atoms with Crippen molar-refractivity contribution < 1.29 is 42.1 Å². The number of anilines is 1. The molecule has 2 aromatic rings. The normalized spacial score (nSPS) is 15.4. The number of rotatable bonds is 5. The van der Waals surface area contributed by atoms with E-state index in [9.17, 15) is 27.5 Å². The van der Waals surface area contributed by atoms with Crippen LogP contribution >= 0.6 is 0 Å². The molecule has 0 atom stereocenters. The van der Waals surface area contributed by atoms with E-state index in [0.717, 1.165) is 5.56 Å². The molecule has 1 aliphatic heterocycles. The van der Waals surface area contributed by atoms with Crippen molar-refractivity contribution in [3.63, 3.8) is 0 Å². The van der Waals surface area contributed by atoms with Gasteiger partial charge in [-0.2, -0.15) is 13.2 Å². The number of nitrogens with one attached hydrogen (secondary N) is 1. The Labute approximate surface area is 173 Å². The van der Waals surface area contributed by atoms with Gasteiger partial charge in [-0.3, -0.25) is 9.78 Å². The van der Waals surface area contributed by atoms with E-state index < -0.39 is 23.5 Å². The van der Waals surface area contributed by atoms with Crippen molar-refractivity contribution in [2.24, 2.45) is 5.41 Å². The monoisotopic (exact) mass is 445 g/mol. The largest absolute Gasteiger partial charge is 0.490 e. The Morgan fingerprint density at radius 3 is 2.19 bits per heavy atom. The zero-order chi connectivity index (χ0) is 23.1. The lowest BCUT2D eigenvalue weighted by atomic mass is 9.80. The summed E-state index contributed by atoms with van der Waals surface area (Å²) < 4.78 is 50.0. The van der Waals surface area contributed by atoms with Gasteiger partial charge in [0.15, 0.2) is 0 Å². The first kappa shape index (κ1) is 24.0. The highest BCUT2D eigenvalue weighted by atomic mass is 19.4. The number of aliphatic carboxylic acids is 2. The fourth-order valence-electron chi connectivity index (χ4n) is 2.70. The predicted molar refractivity (Wildman–Crippen MR) is 99.7 cm³/mol. The highest BCUT2D eigenvalue weighted by Gasteiger charge is 2.40. The summed E-state index contributed by atoms with van der Waals surface area (Å²) in [6, 6.07) is 5.97. The molecule has 0 radical (unpaired) electrons. The topological polar surface area (TPSA) is 122 Å². The van der Waals surface area contributed by atoms with E-state index >= 15 is 0 Å². The lowest BCUT2D eigenvalue weighted by molar-refractivity contribution is -0.192. The maximum atomic E-state index is 13.0. The van der Waals surface area contributed by atoms with Crippen LogP contribution in [0.2, 0.25) is 0 Å². The SMILES string of the molecule is O=C(O)C(F)(F)F.O=C(O)C1(CNc2cncc(-c3ccc(F)cc3)n2)CCOCC1. The molecule has 2 heterocycles.